The van der Waals surface area contributed by atoms with E-state index in [9.17, 15) is 4.79 Å². The summed E-state index contributed by atoms with van der Waals surface area (Å²) in [6, 6.07) is 0. The number of hydrogen-bond acceptors (Lipinski definition) is 2. The molecule has 2 nitrogen and oxygen atoms in total. The molecule has 0 atom stereocenters. The van der Waals surface area contributed by atoms with Gasteiger partial charge in [-0.15, -0.1) is 0 Å². The molecule has 2 N–H and O–H groups in total. The quantitative estimate of drug-likeness (QED) is 0.653. The lowest BCUT2D eigenvalue weighted by Crippen LogP contribution is -2.19. The van der Waals surface area contributed by atoms with Crippen molar-refractivity contribution in [1.82, 2.24) is 0 Å². The van der Waals surface area contributed by atoms with Crippen molar-refractivity contribution in [3.63, 3.8) is 0 Å². The fourth-order valence-electron chi connectivity index (χ4n) is 1.24. The largest absolute Gasteiger partial charge is 0.370 e. The number of primary amides is 1. The second kappa shape index (κ2) is 3.86. The second-order valence-electron chi connectivity index (χ2n) is 2.73. The Balaban J connectivity index is 2.19. The smallest absolute Gasteiger partial charge is 0.217 e. The molecule has 0 aliphatic carbocycles. The molecule has 1 amide bonds. The Morgan fingerprint density at radius 1 is 1.50 bits per heavy atom. The van der Waals surface area contributed by atoms with E-state index in [1.807, 2.05) is 11.8 Å². The van der Waals surface area contributed by atoms with Crippen molar-refractivity contribution >= 4 is 17.7 Å². The number of amides is 1. The van der Waals surface area contributed by atoms with Crippen molar-refractivity contribution < 1.29 is 4.79 Å². The molecule has 0 bridgehead atoms. The molecule has 1 saturated heterocycles. The van der Waals surface area contributed by atoms with Gasteiger partial charge >= 0.3 is 0 Å². The van der Waals surface area contributed by atoms with Crippen LogP contribution in [0.25, 0.3) is 0 Å². The van der Waals surface area contributed by atoms with Crippen molar-refractivity contribution in [1.29, 1.82) is 0 Å². The van der Waals surface area contributed by atoms with Crippen LogP contribution >= 0.6 is 11.8 Å². The molecule has 1 rings (SSSR count). The minimum absolute atomic E-state index is 0.142. The van der Waals surface area contributed by atoms with Crippen molar-refractivity contribution in [3.8, 4) is 0 Å². The molecule has 58 valence electrons. The maximum absolute atomic E-state index is 10.5. The molecule has 1 aliphatic rings. The van der Waals surface area contributed by atoms with Crippen LogP contribution in [0.5, 0.6) is 0 Å². The summed E-state index contributed by atoms with van der Waals surface area (Å²) in [4.78, 5) is 10.5. The molecule has 1 fully saturated rings. The summed E-state index contributed by atoms with van der Waals surface area (Å²) in [5, 5.41) is 0. The molecule has 0 aromatic carbocycles. The van der Waals surface area contributed by atoms with Gasteiger partial charge < -0.3 is 5.73 Å². The van der Waals surface area contributed by atoms with Crippen LogP contribution in [0.4, 0.5) is 0 Å². The van der Waals surface area contributed by atoms with E-state index in [-0.39, 0.29) is 5.91 Å². The molecule has 0 aromatic heterocycles. The standard InChI is InChI=1S/C7H13NOS/c8-7(9)5-6-1-3-10-4-2-6/h6H,1-5H2,(H2,8,9). The Bertz CT molecular complexity index is 121. The number of rotatable bonds is 2. The molecular formula is C7H13NOS. The average Bonchev–Trinajstić information content (AvgIpc) is 1.88. The zero-order valence-corrected chi connectivity index (χ0v) is 6.82. The highest BCUT2D eigenvalue weighted by molar-refractivity contribution is 7.99. The molecular weight excluding hydrogens is 146 g/mol. The van der Waals surface area contributed by atoms with Crippen molar-refractivity contribution in [3.05, 3.63) is 0 Å². The van der Waals surface area contributed by atoms with Gasteiger partial charge in [0.15, 0.2) is 0 Å². The highest BCUT2D eigenvalue weighted by Crippen LogP contribution is 2.24. The fourth-order valence-corrected chi connectivity index (χ4v) is 2.44. The van der Waals surface area contributed by atoms with Crippen molar-refractivity contribution in [2.45, 2.75) is 19.3 Å². The van der Waals surface area contributed by atoms with Gasteiger partial charge in [-0.05, 0) is 30.3 Å². The maximum Gasteiger partial charge on any atom is 0.217 e. The Kier molecular flexibility index (Phi) is 3.06. The van der Waals surface area contributed by atoms with E-state index in [0.717, 1.165) is 0 Å². The normalized spacial score (nSPS) is 20.8. The van der Waals surface area contributed by atoms with Gasteiger partial charge in [-0.3, -0.25) is 4.79 Å². The third kappa shape index (κ3) is 2.60. The van der Waals surface area contributed by atoms with Crippen LogP contribution < -0.4 is 5.73 Å². The van der Waals surface area contributed by atoms with Crippen molar-refractivity contribution in [2.75, 3.05) is 11.5 Å². The molecule has 0 saturated carbocycles. The predicted molar refractivity (Wildman–Crippen MR) is 43.9 cm³/mol. The van der Waals surface area contributed by atoms with E-state index >= 15 is 0 Å². The Morgan fingerprint density at radius 2 is 2.10 bits per heavy atom. The minimum atomic E-state index is -0.142. The maximum atomic E-state index is 10.5. The Hall–Kier alpha value is -0.180. The Morgan fingerprint density at radius 3 is 2.60 bits per heavy atom. The molecule has 0 spiro atoms. The summed E-state index contributed by atoms with van der Waals surface area (Å²) in [5.41, 5.74) is 5.08. The highest BCUT2D eigenvalue weighted by Gasteiger charge is 2.15. The van der Waals surface area contributed by atoms with E-state index in [1.54, 1.807) is 0 Å². The Labute approximate surface area is 65.5 Å². The first-order chi connectivity index (χ1) is 4.79. The van der Waals surface area contributed by atoms with E-state index in [4.69, 9.17) is 5.73 Å². The lowest BCUT2D eigenvalue weighted by Gasteiger charge is -2.19. The molecule has 0 aromatic rings. The summed E-state index contributed by atoms with van der Waals surface area (Å²) < 4.78 is 0. The van der Waals surface area contributed by atoms with Gasteiger partial charge in [0, 0.05) is 6.42 Å². The summed E-state index contributed by atoms with van der Waals surface area (Å²) in [6.45, 7) is 0. The third-order valence-corrected chi connectivity index (χ3v) is 2.88. The molecule has 10 heavy (non-hydrogen) atoms. The first-order valence-electron chi connectivity index (χ1n) is 3.65. The number of thioether (sulfide) groups is 1. The van der Waals surface area contributed by atoms with Crippen LogP contribution in [0.15, 0.2) is 0 Å². The third-order valence-electron chi connectivity index (χ3n) is 1.83. The van der Waals surface area contributed by atoms with Crippen LogP contribution in [0.1, 0.15) is 19.3 Å². The summed E-state index contributed by atoms with van der Waals surface area (Å²) in [6.07, 6.45) is 2.95. The van der Waals surface area contributed by atoms with Crippen molar-refractivity contribution in [2.24, 2.45) is 11.7 Å². The monoisotopic (exact) mass is 159 g/mol. The van der Waals surface area contributed by atoms with Gasteiger partial charge in [-0.25, -0.2) is 0 Å². The van der Waals surface area contributed by atoms with Gasteiger partial charge in [0.1, 0.15) is 0 Å². The lowest BCUT2D eigenvalue weighted by atomic mass is 9.99. The predicted octanol–water partition coefficient (Wildman–Crippen LogP) is 1.00. The first-order valence-corrected chi connectivity index (χ1v) is 4.80. The van der Waals surface area contributed by atoms with Crippen LogP contribution in [0.2, 0.25) is 0 Å². The van der Waals surface area contributed by atoms with Gasteiger partial charge in [0.05, 0.1) is 0 Å². The van der Waals surface area contributed by atoms with Crippen LogP contribution in [-0.2, 0) is 4.79 Å². The van der Waals surface area contributed by atoms with E-state index in [2.05, 4.69) is 0 Å². The van der Waals surface area contributed by atoms with Gasteiger partial charge in [-0.2, -0.15) is 11.8 Å². The second-order valence-corrected chi connectivity index (χ2v) is 3.95. The molecule has 0 radical (unpaired) electrons. The number of carbonyl (C=O) groups excluding carboxylic acids is 1. The van der Waals surface area contributed by atoms with Crippen LogP contribution in [0.3, 0.4) is 0 Å². The van der Waals surface area contributed by atoms with Gasteiger partial charge in [0.25, 0.3) is 0 Å². The van der Waals surface area contributed by atoms with E-state index in [1.165, 1.54) is 24.3 Å². The number of nitrogens with two attached hydrogens (primary N) is 1. The minimum Gasteiger partial charge on any atom is -0.370 e. The van der Waals surface area contributed by atoms with Crippen LogP contribution in [-0.4, -0.2) is 17.4 Å². The zero-order valence-electron chi connectivity index (χ0n) is 6.01. The topological polar surface area (TPSA) is 43.1 Å². The first kappa shape index (κ1) is 7.92. The molecule has 0 unspecified atom stereocenters. The summed E-state index contributed by atoms with van der Waals surface area (Å²) in [5.74, 6) is 2.85. The average molecular weight is 159 g/mol. The number of carbonyl (C=O) groups is 1. The fraction of sp³-hybridized carbons (Fsp3) is 0.857. The molecule has 1 aliphatic heterocycles. The van der Waals surface area contributed by atoms with Gasteiger partial charge in [-0.1, -0.05) is 0 Å². The van der Waals surface area contributed by atoms with Crippen LogP contribution in [0, 0.1) is 5.92 Å². The SMILES string of the molecule is NC(=O)CC1CCSCC1. The summed E-state index contributed by atoms with van der Waals surface area (Å²) in [7, 11) is 0. The number of hydrogen-bond donors (Lipinski definition) is 1. The van der Waals surface area contributed by atoms with E-state index in [0.29, 0.717) is 12.3 Å². The lowest BCUT2D eigenvalue weighted by molar-refractivity contribution is -0.118. The molecule has 3 heteroatoms. The summed E-state index contributed by atoms with van der Waals surface area (Å²) >= 11 is 1.97. The molecule has 1 heterocycles. The highest BCUT2D eigenvalue weighted by atomic mass is 32.2. The van der Waals surface area contributed by atoms with E-state index < -0.39 is 0 Å². The zero-order chi connectivity index (χ0) is 7.40. The van der Waals surface area contributed by atoms with Gasteiger partial charge in [0.2, 0.25) is 5.91 Å².